The summed E-state index contributed by atoms with van der Waals surface area (Å²) in [6, 6.07) is 4.78. The molecular formula is C18H19FN2O3. The minimum absolute atomic E-state index is 0.265. The molecule has 0 spiro atoms. The standard InChI is InChI=1S/C18H19FN2O3/c1-9(2)16(18(23)24)21-17(22)13-8-15(10-3-4-10)20-14-6-5-11(19)7-12(13)14/h5-10,16H,3-4H2,1-2H3,(H,21,22)(H,23,24). The maximum Gasteiger partial charge on any atom is 0.326 e. The van der Waals surface area contributed by atoms with E-state index in [2.05, 4.69) is 10.3 Å². The van der Waals surface area contributed by atoms with Crippen LogP contribution < -0.4 is 5.32 Å². The van der Waals surface area contributed by atoms with E-state index in [4.69, 9.17) is 0 Å². The number of aromatic nitrogens is 1. The topological polar surface area (TPSA) is 79.3 Å². The van der Waals surface area contributed by atoms with Crippen molar-refractivity contribution in [3.05, 3.63) is 41.3 Å². The van der Waals surface area contributed by atoms with Gasteiger partial charge >= 0.3 is 5.97 Å². The molecule has 1 fully saturated rings. The van der Waals surface area contributed by atoms with E-state index in [0.717, 1.165) is 18.5 Å². The van der Waals surface area contributed by atoms with Crippen LogP contribution in [0.5, 0.6) is 0 Å². The van der Waals surface area contributed by atoms with E-state index < -0.39 is 23.7 Å². The predicted octanol–water partition coefficient (Wildman–Crippen LogP) is 3.09. The lowest BCUT2D eigenvalue weighted by molar-refractivity contribution is -0.140. The zero-order valence-electron chi connectivity index (χ0n) is 13.5. The Bertz CT molecular complexity index is 815. The van der Waals surface area contributed by atoms with Gasteiger partial charge in [-0.25, -0.2) is 9.18 Å². The van der Waals surface area contributed by atoms with Crippen molar-refractivity contribution in [2.24, 2.45) is 5.92 Å². The Morgan fingerprint density at radius 3 is 2.58 bits per heavy atom. The lowest BCUT2D eigenvalue weighted by atomic mass is 10.0. The van der Waals surface area contributed by atoms with E-state index in [-0.39, 0.29) is 11.5 Å². The summed E-state index contributed by atoms with van der Waals surface area (Å²) in [5.74, 6) is -2.01. The smallest absolute Gasteiger partial charge is 0.326 e. The molecule has 126 valence electrons. The zero-order chi connectivity index (χ0) is 17.4. The number of rotatable bonds is 5. The van der Waals surface area contributed by atoms with Gasteiger partial charge in [0.2, 0.25) is 0 Å². The van der Waals surface area contributed by atoms with Gasteiger partial charge in [-0.3, -0.25) is 9.78 Å². The normalized spacial score (nSPS) is 15.5. The Balaban J connectivity index is 2.04. The highest BCUT2D eigenvalue weighted by Gasteiger charge is 2.29. The van der Waals surface area contributed by atoms with Crippen molar-refractivity contribution < 1.29 is 19.1 Å². The van der Waals surface area contributed by atoms with Crippen molar-refractivity contribution in [2.45, 2.75) is 38.6 Å². The summed E-state index contributed by atoms with van der Waals surface area (Å²) in [5.41, 5.74) is 1.62. The quantitative estimate of drug-likeness (QED) is 0.883. The number of aliphatic carboxylic acids is 1. The Hall–Kier alpha value is -2.50. The number of carbonyl (C=O) groups is 2. The van der Waals surface area contributed by atoms with Gasteiger partial charge in [0, 0.05) is 17.0 Å². The first-order valence-corrected chi connectivity index (χ1v) is 8.00. The molecule has 0 saturated heterocycles. The van der Waals surface area contributed by atoms with Crippen LogP contribution in [0.3, 0.4) is 0 Å². The number of halogens is 1. The Morgan fingerprint density at radius 1 is 1.29 bits per heavy atom. The van der Waals surface area contributed by atoms with Gasteiger partial charge in [0.05, 0.1) is 11.1 Å². The molecule has 0 aliphatic heterocycles. The minimum atomic E-state index is -1.09. The summed E-state index contributed by atoms with van der Waals surface area (Å²) in [6.07, 6.45) is 2.04. The van der Waals surface area contributed by atoms with Crippen LogP contribution >= 0.6 is 0 Å². The van der Waals surface area contributed by atoms with Gasteiger partial charge < -0.3 is 10.4 Å². The fraction of sp³-hybridized carbons (Fsp3) is 0.389. The first-order chi connectivity index (χ1) is 11.4. The molecule has 0 radical (unpaired) electrons. The molecule has 2 N–H and O–H groups in total. The molecule has 1 heterocycles. The lowest BCUT2D eigenvalue weighted by Crippen LogP contribution is -2.44. The van der Waals surface area contributed by atoms with Crippen molar-refractivity contribution in [3.63, 3.8) is 0 Å². The fourth-order valence-corrected chi connectivity index (χ4v) is 2.73. The van der Waals surface area contributed by atoms with E-state index >= 15 is 0 Å². The van der Waals surface area contributed by atoms with E-state index in [1.807, 2.05) is 0 Å². The lowest BCUT2D eigenvalue weighted by Gasteiger charge is -2.18. The molecule has 6 heteroatoms. The monoisotopic (exact) mass is 330 g/mol. The largest absolute Gasteiger partial charge is 0.480 e. The highest BCUT2D eigenvalue weighted by molar-refractivity contribution is 6.07. The van der Waals surface area contributed by atoms with Gasteiger partial charge in [-0.2, -0.15) is 0 Å². The van der Waals surface area contributed by atoms with Gasteiger partial charge in [0.15, 0.2) is 0 Å². The molecule has 5 nitrogen and oxygen atoms in total. The molecule has 1 aromatic heterocycles. The minimum Gasteiger partial charge on any atom is -0.480 e. The number of nitrogens with one attached hydrogen (secondary N) is 1. The van der Waals surface area contributed by atoms with Crippen LogP contribution in [0.1, 0.15) is 48.7 Å². The molecule has 1 aliphatic carbocycles. The number of hydrogen-bond donors (Lipinski definition) is 2. The summed E-state index contributed by atoms with van der Waals surface area (Å²) in [4.78, 5) is 28.5. The second-order valence-corrected chi connectivity index (χ2v) is 6.56. The van der Waals surface area contributed by atoms with Crippen LogP contribution in [-0.4, -0.2) is 28.0 Å². The first-order valence-electron chi connectivity index (χ1n) is 8.00. The average molecular weight is 330 g/mol. The Morgan fingerprint density at radius 2 is 2.00 bits per heavy atom. The van der Waals surface area contributed by atoms with Gasteiger partial charge in [-0.15, -0.1) is 0 Å². The van der Waals surface area contributed by atoms with Crippen molar-refractivity contribution in [1.82, 2.24) is 10.3 Å². The van der Waals surface area contributed by atoms with Crippen LogP contribution in [0.15, 0.2) is 24.3 Å². The third-order valence-corrected chi connectivity index (χ3v) is 4.25. The molecule has 1 unspecified atom stereocenters. The first kappa shape index (κ1) is 16.4. The fourth-order valence-electron chi connectivity index (χ4n) is 2.73. The number of fused-ring (bicyclic) bond motifs is 1. The van der Waals surface area contributed by atoms with Crippen LogP contribution in [0.25, 0.3) is 10.9 Å². The van der Waals surface area contributed by atoms with Crippen LogP contribution in [0, 0.1) is 11.7 Å². The highest BCUT2D eigenvalue weighted by Crippen LogP contribution is 2.40. The molecule has 1 saturated carbocycles. The average Bonchev–Trinajstić information content (AvgIpc) is 3.35. The number of nitrogens with zero attached hydrogens (tertiary/aromatic N) is 1. The summed E-state index contributed by atoms with van der Waals surface area (Å²) >= 11 is 0. The summed E-state index contributed by atoms with van der Waals surface area (Å²) < 4.78 is 13.6. The van der Waals surface area contributed by atoms with Crippen molar-refractivity contribution >= 4 is 22.8 Å². The zero-order valence-corrected chi connectivity index (χ0v) is 13.5. The summed E-state index contributed by atoms with van der Waals surface area (Å²) in [7, 11) is 0. The Labute approximate surface area is 138 Å². The molecule has 0 bridgehead atoms. The van der Waals surface area contributed by atoms with E-state index in [0.29, 0.717) is 16.8 Å². The van der Waals surface area contributed by atoms with Crippen molar-refractivity contribution in [1.29, 1.82) is 0 Å². The number of carboxylic acids is 1. The van der Waals surface area contributed by atoms with Crippen molar-refractivity contribution in [2.75, 3.05) is 0 Å². The molecular weight excluding hydrogens is 311 g/mol. The van der Waals surface area contributed by atoms with E-state index in [9.17, 15) is 19.1 Å². The van der Waals surface area contributed by atoms with Gasteiger partial charge in [0.25, 0.3) is 5.91 Å². The summed E-state index contributed by atoms with van der Waals surface area (Å²) in [6.45, 7) is 3.44. The Kier molecular flexibility index (Phi) is 4.22. The molecule has 3 rings (SSSR count). The molecule has 1 atom stereocenters. The van der Waals surface area contributed by atoms with Crippen molar-refractivity contribution in [3.8, 4) is 0 Å². The van der Waals surface area contributed by atoms with E-state index in [1.54, 1.807) is 26.0 Å². The molecule has 1 aliphatic rings. The molecule has 1 aromatic carbocycles. The number of benzene rings is 1. The number of amides is 1. The third kappa shape index (κ3) is 3.22. The SMILES string of the molecule is CC(C)C(NC(=O)c1cc(C2CC2)nc2ccc(F)cc12)C(=O)O. The summed E-state index contributed by atoms with van der Waals surface area (Å²) in [5, 5.41) is 12.2. The second-order valence-electron chi connectivity index (χ2n) is 6.56. The predicted molar refractivity (Wildman–Crippen MR) is 87.4 cm³/mol. The van der Waals surface area contributed by atoms with Gasteiger partial charge in [0.1, 0.15) is 11.9 Å². The van der Waals surface area contributed by atoms with Gasteiger partial charge in [-0.05, 0) is 43.0 Å². The maximum absolute atomic E-state index is 13.6. The second kappa shape index (κ2) is 6.19. The number of carboxylic acid groups (broad SMARTS) is 1. The molecule has 2 aromatic rings. The van der Waals surface area contributed by atoms with Gasteiger partial charge in [-0.1, -0.05) is 13.8 Å². The maximum atomic E-state index is 13.6. The van der Waals surface area contributed by atoms with Crippen LogP contribution in [0.4, 0.5) is 4.39 Å². The van der Waals surface area contributed by atoms with Crippen LogP contribution in [0.2, 0.25) is 0 Å². The molecule has 1 amide bonds. The highest BCUT2D eigenvalue weighted by atomic mass is 19.1. The number of hydrogen-bond acceptors (Lipinski definition) is 3. The number of carbonyl (C=O) groups excluding carboxylic acids is 1. The number of pyridine rings is 1. The molecule has 24 heavy (non-hydrogen) atoms. The van der Waals surface area contributed by atoms with E-state index in [1.165, 1.54) is 12.1 Å². The van der Waals surface area contributed by atoms with Crippen LogP contribution in [-0.2, 0) is 4.79 Å². The third-order valence-electron chi connectivity index (χ3n) is 4.25.